The van der Waals surface area contributed by atoms with E-state index in [-0.39, 0.29) is 5.82 Å². The average molecular weight is 340 g/mol. The molecule has 0 radical (unpaired) electrons. The van der Waals surface area contributed by atoms with Crippen LogP contribution in [0.2, 0.25) is 0 Å². The Labute approximate surface area is 145 Å². The van der Waals surface area contributed by atoms with Crippen molar-refractivity contribution in [2.75, 3.05) is 0 Å². The van der Waals surface area contributed by atoms with E-state index < -0.39 is 0 Å². The van der Waals surface area contributed by atoms with Crippen LogP contribution in [0.4, 0.5) is 4.39 Å². The predicted octanol–water partition coefficient (Wildman–Crippen LogP) is 3.34. The van der Waals surface area contributed by atoms with Gasteiger partial charge in [0.2, 0.25) is 0 Å². The lowest BCUT2D eigenvalue weighted by molar-refractivity contribution is 0.316. The van der Waals surface area contributed by atoms with Crippen molar-refractivity contribution in [2.24, 2.45) is 5.92 Å². The van der Waals surface area contributed by atoms with Gasteiger partial charge in [-0.05, 0) is 36.6 Å². The minimum Gasteiger partial charge on any atom is -0.245 e. The van der Waals surface area contributed by atoms with Gasteiger partial charge in [0.25, 0.3) is 0 Å². The molecule has 130 valence electrons. The Balaban J connectivity index is 1.73. The van der Waals surface area contributed by atoms with Crippen LogP contribution in [0.15, 0.2) is 36.9 Å². The molecule has 2 atom stereocenters. The molecule has 4 rings (SSSR count). The molecule has 0 N–H and O–H groups in total. The van der Waals surface area contributed by atoms with Gasteiger partial charge in [-0.2, -0.15) is 5.10 Å². The molecule has 2 heterocycles. The van der Waals surface area contributed by atoms with E-state index in [1.807, 2.05) is 4.68 Å². The maximum absolute atomic E-state index is 13.3. The van der Waals surface area contributed by atoms with E-state index in [4.69, 9.17) is 4.98 Å². The largest absolute Gasteiger partial charge is 0.245 e. The molecule has 7 heteroatoms. The van der Waals surface area contributed by atoms with Gasteiger partial charge in [0.15, 0.2) is 5.82 Å². The Morgan fingerprint density at radius 3 is 2.68 bits per heavy atom. The van der Waals surface area contributed by atoms with Gasteiger partial charge in [-0.1, -0.05) is 26.2 Å². The Kier molecular flexibility index (Phi) is 4.29. The fourth-order valence-corrected chi connectivity index (χ4v) is 3.61. The Bertz CT molecular complexity index is 824. The number of halogens is 1. The van der Waals surface area contributed by atoms with E-state index in [9.17, 15) is 4.39 Å². The summed E-state index contributed by atoms with van der Waals surface area (Å²) in [6.07, 6.45) is 7.96. The summed E-state index contributed by atoms with van der Waals surface area (Å²) in [6, 6.07) is 6.42. The molecule has 25 heavy (non-hydrogen) atoms. The van der Waals surface area contributed by atoms with Gasteiger partial charge in [-0.15, -0.1) is 5.10 Å². The highest BCUT2D eigenvalue weighted by atomic mass is 19.1. The number of nitrogens with zero attached hydrogens (tertiary/aromatic N) is 6. The van der Waals surface area contributed by atoms with E-state index in [0.29, 0.717) is 24.2 Å². The smallest absolute Gasteiger partial charge is 0.172 e. The van der Waals surface area contributed by atoms with Crippen LogP contribution in [-0.4, -0.2) is 29.5 Å². The summed E-state index contributed by atoms with van der Waals surface area (Å²) in [5, 5.41) is 8.82. The third-order valence-electron chi connectivity index (χ3n) is 4.96. The van der Waals surface area contributed by atoms with Crippen molar-refractivity contribution in [3.8, 4) is 5.69 Å². The van der Waals surface area contributed by atoms with Crippen molar-refractivity contribution in [3.63, 3.8) is 0 Å². The molecule has 1 aliphatic carbocycles. The first-order valence-electron chi connectivity index (χ1n) is 8.75. The molecule has 6 nitrogen and oxygen atoms in total. The summed E-state index contributed by atoms with van der Waals surface area (Å²) < 4.78 is 16.9. The molecular weight excluding hydrogens is 319 g/mol. The molecule has 1 aromatic carbocycles. The van der Waals surface area contributed by atoms with Gasteiger partial charge >= 0.3 is 0 Å². The highest BCUT2D eigenvalue weighted by molar-refractivity contribution is 5.32. The van der Waals surface area contributed by atoms with Gasteiger partial charge in [-0.25, -0.2) is 23.7 Å². The molecule has 3 aromatic rings. The van der Waals surface area contributed by atoms with E-state index in [2.05, 4.69) is 22.1 Å². The SMILES string of the molecule is CC1CCCCC1c1nc(Cn2cncn2)nn1-c1ccc(F)cc1. The van der Waals surface area contributed by atoms with Gasteiger partial charge in [-0.3, -0.25) is 0 Å². The molecule has 0 saturated heterocycles. The number of rotatable bonds is 4. The summed E-state index contributed by atoms with van der Waals surface area (Å²) >= 11 is 0. The molecule has 0 bridgehead atoms. The standard InChI is InChI=1S/C18H21FN6/c1-13-4-2-3-5-16(13)18-22-17(10-24-12-20-11-21-24)23-25(18)15-8-6-14(19)7-9-15/h6-9,11-13,16H,2-5,10H2,1H3. The van der Waals surface area contributed by atoms with Crippen molar-refractivity contribution in [3.05, 3.63) is 54.4 Å². The summed E-state index contributed by atoms with van der Waals surface area (Å²) in [7, 11) is 0. The third-order valence-corrected chi connectivity index (χ3v) is 4.96. The second-order valence-corrected chi connectivity index (χ2v) is 6.74. The summed E-state index contributed by atoms with van der Waals surface area (Å²) in [6.45, 7) is 2.76. The van der Waals surface area contributed by atoms with E-state index in [1.54, 1.807) is 23.1 Å². The fourth-order valence-electron chi connectivity index (χ4n) is 3.61. The zero-order chi connectivity index (χ0) is 17.2. The lowest BCUT2D eigenvalue weighted by atomic mass is 9.80. The molecule has 2 aromatic heterocycles. The van der Waals surface area contributed by atoms with Crippen LogP contribution < -0.4 is 0 Å². The zero-order valence-corrected chi connectivity index (χ0v) is 14.2. The van der Waals surface area contributed by atoms with Crippen molar-refractivity contribution in [1.29, 1.82) is 0 Å². The van der Waals surface area contributed by atoms with E-state index in [1.165, 1.54) is 37.7 Å². The second-order valence-electron chi connectivity index (χ2n) is 6.74. The van der Waals surface area contributed by atoms with Crippen molar-refractivity contribution in [2.45, 2.75) is 45.1 Å². The van der Waals surface area contributed by atoms with Gasteiger partial charge < -0.3 is 0 Å². The first-order valence-corrected chi connectivity index (χ1v) is 8.75. The maximum Gasteiger partial charge on any atom is 0.172 e. The van der Waals surface area contributed by atoms with Crippen LogP contribution in [0.1, 0.15) is 50.2 Å². The first-order chi connectivity index (χ1) is 12.2. The topological polar surface area (TPSA) is 61.4 Å². The summed E-state index contributed by atoms with van der Waals surface area (Å²) in [5.41, 5.74) is 0.839. The summed E-state index contributed by atoms with van der Waals surface area (Å²) in [4.78, 5) is 8.79. The van der Waals surface area contributed by atoms with Crippen LogP contribution in [0.5, 0.6) is 0 Å². The number of hydrogen-bond acceptors (Lipinski definition) is 4. The molecule has 0 amide bonds. The van der Waals surface area contributed by atoms with Crippen molar-refractivity contribution in [1.82, 2.24) is 29.5 Å². The lowest BCUT2D eigenvalue weighted by Gasteiger charge is -2.28. The van der Waals surface area contributed by atoms with Crippen LogP contribution in [0, 0.1) is 11.7 Å². The second kappa shape index (κ2) is 6.74. The van der Waals surface area contributed by atoms with Crippen molar-refractivity contribution < 1.29 is 4.39 Å². The number of hydrogen-bond donors (Lipinski definition) is 0. The van der Waals surface area contributed by atoms with Crippen LogP contribution in [0.3, 0.4) is 0 Å². The molecule has 1 saturated carbocycles. The lowest BCUT2D eigenvalue weighted by Crippen LogP contribution is -2.19. The van der Waals surface area contributed by atoms with Crippen LogP contribution >= 0.6 is 0 Å². The van der Waals surface area contributed by atoms with E-state index in [0.717, 1.165) is 17.9 Å². The fraction of sp³-hybridized carbons (Fsp3) is 0.444. The molecule has 0 spiro atoms. The first kappa shape index (κ1) is 15.9. The molecule has 1 fully saturated rings. The zero-order valence-electron chi connectivity index (χ0n) is 14.2. The number of benzene rings is 1. The van der Waals surface area contributed by atoms with Gasteiger partial charge in [0.05, 0.1) is 5.69 Å². The summed E-state index contributed by atoms with van der Waals surface area (Å²) in [5.74, 6) is 2.35. The Morgan fingerprint density at radius 2 is 1.96 bits per heavy atom. The molecule has 0 aliphatic heterocycles. The molecule has 2 unspecified atom stereocenters. The van der Waals surface area contributed by atoms with Crippen LogP contribution in [0.25, 0.3) is 5.69 Å². The monoisotopic (exact) mass is 340 g/mol. The Morgan fingerprint density at radius 1 is 1.16 bits per heavy atom. The van der Waals surface area contributed by atoms with Crippen LogP contribution in [-0.2, 0) is 6.54 Å². The van der Waals surface area contributed by atoms with Gasteiger partial charge in [0, 0.05) is 5.92 Å². The minimum absolute atomic E-state index is 0.251. The third kappa shape index (κ3) is 3.31. The molecular formula is C18H21FN6. The Hall–Kier alpha value is -2.57. The average Bonchev–Trinajstić information content (AvgIpc) is 3.26. The molecule has 1 aliphatic rings. The highest BCUT2D eigenvalue weighted by Crippen LogP contribution is 2.37. The quantitative estimate of drug-likeness (QED) is 0.731. The highest BCUT2D eigenvalue weighted by Gasteiger charge is 2.28. The normalized spacial score (nSPS) is 20.7. The minimum atomic E-state index is -0.251. The maximum atomic E-state index is 13.3. The number of aromatic nitrogens is 6. The van der Waals surface area contributed by atoms with E-state index >= 15 is 0 Å². The van der Waals surface area contributed by atoms with Crippen molar-refractivity contribution >= 4 is 0 Å². The predicted molar refractivity (Wildman–Crippen MR) is 90.8 cm³/mol. The van der Waals surface area contributed by atoms with Gasteiger partial charge in [0.1, 0.15) is 30.8 Å².